The Balaban J connectivity index is 2.06. The zero-order valence-electron chi connectivity index (χ0n) is 11.3. The summed E-state index contributed by atoms with van der Waals surface area (Å²) < 4.78 is 0. The van der Waals surface area contributed by atoms with Crippen LogP contribution in [0, 0.1) is 12.8 Å². The number of carbonyl (C=O) groups is 1. The van der Waals surface area contributed by atoms with Gasteiger partial charge in [0.2, 0.25) is 0 Å². The van der Waals surface area contributed by atoms with Crippen molar-refractivity contribution in [2.75, 3.05) is 19.0 Å². The fourth-order valence-electron chi connectivity index (χ4n) is 2.38. The van der Waals surface area contributed by atoms with Crippen molar-refractivity contribution in [3.05, 3.63) is 23.5 Å². The van der Waals surface area contributed by atoms with E-state index in [0.29, 0.717) is 23.7 Å². The Labute approximate surface area is 112 Å². The van der Waals surface area contributed by atoms with Crippen LogP contribution in [0.15, 0.2) is 12.3 Å². The number of nitrogen functional groups attached to an aromatic ring is 1. The number of aliphatic hydroxyl groups excluding tert-OH is 1. The molecule has 0 aromatic carbocycles. The molecule has 104 valence electrons. The molecule has 0 radical (unpaired) electrons. The molecule has 0 aliphatic heterocycles. The van der Waals surface area contributed by atoms with Gasteiger partial charge in [-0.25, -0.2) is 0 Å². The minimum Gasteiger partial charge on any atom is -0.393 e. The third-order valence-corrected chi connectivity index (χ3v) is 3.52. The number of nitrogens with one attached hydrogen (secondary N) is 1. The summed E-state index contributed by atoms with van der Waals surface area (Å²) in [6, 6.07) is 1.74. The highest BCUT2D eigenvalue weighted by atomic mass is 16.3. The number of rotatable bonds is 4. The van der Waals surface area contributed by atoms with Crippen molar-refractivity contribution in [1.29, 1.82) is 0 Å². The lowest BCUT2D eigenvalue weighted by Gasteiger charge is -2.34. The summed E-state index contributed by atoms with van der Waals surface area (Å²) in [5.74, 6) is 5.71. The lowest BCUT2D eigenvalue weighted by atomic mass is 9.82. The van der Waals surface area contributed by atoms with Gasteiger partial charge in [0.1, 0.15) is 0 Å². The number of aliphatic hydroxyl groups is 1. The van der Waals surface area contributed by atoms with Gasteiger partial charge in [-0.15, -0.1) is 0 Å². The summed E-state index contributed by atoms with van der Waals surface area (Å²) in [7, 11) is 1.76. The first-order valence-corrected chi connectivity index (χ1v) is 6.38. The first-order valence-electron chi connectivity index (χ1n) is 6.38. The van der Waals surface area contributed by atoms with Crippen molar-refractivity contribution in [1.82, 2.24) is 9.88 Å². The van der Waals surface area contributed by atoms with Gasteiger partial charge in [-0.3, -0.25) is 15.6 Å². The average molecular weight is 264 g/mol. The third kappa shape index (κ3) is 3.02. The highest BCUT2D eigenvalue weighted by molar-refractivity contribution is 5.99. The van der Waals surface area contributed by atoms with Crippen molar-refractivity contribution >= 4 is 11.6 Å². The van der Waals surface area contributed by atoms with Gasteiger partial charge in [-0.05, 0) is 31.7 Å². The molecule has 1 aliphatic carbocycles. The van der Waals surface area contributed by atoms with Crippen LogP contribution >= 0.6 is 0 Å². The fraction of sp³-hybridized carbons (Fsp3) is 0.538. The van der Waals surface area contributed by atoms with Crippen LogP contribution in [-0.2, 0) is 0 Å². The first-order chi connectivity index (χ1) is 9.01. The van der Waals surface area contributed by atoms with Gasteiger partial charge in [0.05, 0.1) is 17.4 Å². The highest BCUT2D eigenvalue weighted by Crippen LogP contribution is 2.28. The topological polar surface area (TPSA) is 91.5 Å². The second kappa shape index (κ2) is 5.54. The van der Waals surface area contributed by atoms with E-state index in [4.69, 9.17) is 5.84 Å². The van der Waals surface area contributed by atoms with E-state index in [2.05, 4.69) is 10.4 Å². The van der Waals surface area contributed by atoms with Gasteiger partial charge in [-0.2, -0.15) is 0 Å². The predicted molar refractivity (Wildman–Crippen MR) is 72.5 cm³/mol. The molecular weight excluding hydrogens is 244 g/mol. The Bertz CT molecular complexity index is 472. The van der Waals surface area contributed by atoms with Crippen LogP contribution in [0.2, 0.25) is 0 Å². The van der Waals surface area contributed by atoms with Crippen LogP contribution in [0.5, 0.6) is 0 Å². The maximum absolute atomic E-state index is 12.3. The zero-order chi connectivity index (χ0) is 14.0. The van der Waals surface area contributed by atoms with Crippen molar-refractivity contribution in [2.45, 2.75) is 25.9 Å². The number of aryl methyl sites for hydroxylation is 1. The highest BCUT2D eigenvalue weighted by Gasteiger charge is 2.29. The standard InChI is InChI=1S/C13H20N4O2/c1-8-3-12(16-14)11(6-15-8)13(19)17(2)7-9-4-10(18)5-9/h3,6,9-10,18H,4-5,7,14H2,1-2H3,(H,15,16). The minimum absolute atomic E-state index is 0.109. The second-order valence-electron chi connectivity index (χ2n) is 5.19. The number of pyridine rings is 1. The molecule has 1 aromatic rings. The van der Waals surface area contributed by atoms with Crippen molar-refractivity contribution < 1.29 is 9.90 Å². The Kier molecular flexibility index (Phi) is 4.01. The van der Waals surface area contributed by atoms with E-state index >= 15 is 0 Å². The minimum atomic E-state index is -0.198. The summed E-state index contributed by atoms with van der Waals surface area (Å²) in [5, 5.41) is 9.26. The molecule has 6 heteroatoms. The van der Waals surface area contributed by atoms with Crippen LogP contribution in [0.3, 0.4) is 0 Å². The number of amides is 1. The van der Waals surface area contributed by atoms with E-state index in [0.717, 1.165) is 18.5 Å². The molecule has 6 nitrogen and oxygen atoms in total. The molecular formula is C13H20N4O2. The third-order valence-electron chi connectivity index (χ3n) is 3.52. The molecule has 0 unspecified atom stereocenters. The summed E-state index contributed by atoms with van der Waals surface area (Å²) in [4.78, 5) is 18.1. The number of aromatic nitrogens is 1. The number of nitrogens with zero attached hydrogens (tertiary/aromatic N) is 2. The number of nitrogens with two attached hydrogens (primary N) is 1. The van der Waals surface area contributed by atoms with E-state index < -0.39 is 0 Å². The molecule has 1 saturated carbocycles. The van der Waals surface area contributed by atoms with Crippen LogP contribution in [0.4, 0.5) is 5.69 Å². The normalized spacial score (nSPS) is 21.7. The molecule has 0 spiro atoms. The van der Waals surface area contributed by atoms with Crippen molar-refractivity contribution in [3.63, 3.8) is 0 Å². The first kappa shape index (κ1) is 13.8. The van der Waals surface area contributed by atoms with Crippen LogP contribution in [-0.4, -0.2) is 40.6 Å². The maximum atomic E-state index is 12.3. The van der Waals surface area contributed by atoms with E-state index in [9.17, 15) is 9.90 Å². The SMILES string of the molecule is Cc1cc(NN)c(C(=O)N(C)CC2CC(O)C2)cn1. The van der Waals surface area contributed by atoms with Gasteiger partial charge in [0, 0.05) is 25.5 Å². The quantitative estimate of drug-likeness (QED) is 0.544. The second-order valence-corrected chi connectivity index (χ2v) is 5.19. The Morgan fingerprint density at radius 3 is 2.89 bits per heavy atom. The van der Waals surface area contributed by atoms with E-state index in [1.807, 2.05) is 6.92 Å². The molecule has 0 saturated heterocycles. The lowest BCUT2D eigenvalue weighted by Crippen LogP contribution is -2.39. The fourth-order valence-corrected chi connectivity index (χ4v) is 2.38. The lowest BCUT2D eigenvalue weighted by molar-refractivity contribution is 0.0265. The zero-order valence-corrected chi connectivity index (χ0v) is 11.3. The van der Waals surface area contributed by atoms with Gasteiger partial charge in [0.25, 0.3) is 5.91 Å². The molecule has 4 N–H and O–H groups in total. The predicted octanol–water partition coefficient (Wildman–Crippen LogP) is 0.519. The molecule has 1 amide bonds. The van der Waals surface area contributed by atoms with Crippen LogP contribution in [0.25, 0.3) is 0 Å². The number of anilines is 1. The van der Waals surface area contributed by atoms with Gasteiger partial charge >= 0.3 is 0 Å². The Hall–Kier alpha value is -1.66. The Morgan fingerprint density at radius 1 is 1.63 bits per heavy atom. The van der Waals surface area contributed by atoms with Gasteiger partial charge in [-0.1, -0.05) is 0 Å². The molecule has 0 bridgehead atoms. The monoisotopic (exact) mass is 264 g/mol. The summed E-state index contributed by atoms with van der Waals surface area (Å²) in [5.41, 5.74) is 4.38. The summed E-state index contributed by atoms with van der Waals surface area (Å²) in [6.07, 6.45) is 2.88. The van der Waals surface area contributed by atoms with E-state index in [1.165, 1.54) is 0 Å². The molecule has 2 rings (SSSR count). The Morgan fingerprint density at radius 2 is 2.32 bits per heavy atom. The summed E-state index contributed by atoms with van der Waals surface area (Å²) >= 11 is 0. The van der Waals surface area contributed by atoms with E-state index in [1.54, 1.807) is 24.2 Å². The largest absolute Gasteiger partial charge is 0.393 e. The average Bonchev–Trinajstić information content (AvgIpc) is 2.35. The molecule has 1 aromatic heterocycles. The number of carbonyl (C=O) groups excluding carboxylic acids is 1. The van der Waals surface area contributed by atoms with Crippen LogP contribution in [0.1, 0.15) is 28.9 Å². The number of hydrogen-bond donors (Lipinski definition) is 3. The van der Waals surface area contributed by atoms with Crippen LogP contribution < -0.4 is 11.3 Å². The number of hydrogen-bond acceptors (Lipinski definition) is 5. The van der Waals surface area contributed by atoms with Crippen molar-refractivity contribution in [2.24, 2.45) is 11.8 Å². The van der Waals surface area contributed by atoms with Gasteiger partial charge in [0.15, 0.2) is 0 Å². The molecule has 1 aliphatic rings. The summed E-state index contributed by atoms with van der Waals surface area (Å²) in [6.45, 7) is 2.49. The molecule has 1 heterocycles. The van der Waals surface area contributed by atoms with E-state index in [-0.39, 0.29) is 12.0 Å². The smallest absolute Gasteiger partial charge is 0.257 e. The van der Waals surface area contributed by atoms with Crippen molar-refractivity contribution in [3.8, 4) is 0 Å². The number of hydrazine groups is 1. The molecule has 1 fully saturated rings. The van der Waals surface area contributed by atoms with Gasteiger partial charge < -0.3 is 15.4 Å². The molecule has 19 heavy (non-hydrogen) atoms. The molecule has 0 atom stereocenters. The maximum Gasteiger partial charge on any atom is 0.257 e.